The van der Waals surface area contributed by atoms with E-state index >= 15 is 0 Å². The van der Waals surface area contributed by atoms with Crippen LogP contribution in [0.3, 0.4) is 0 Å². The Hall–Kier alpha value is -0.490. The monoisotopic (exact) mass is 321 g/mol. The fourth-order valence-corrected chi connectivity index (χ4v) is 4.84. The van der Waals surface area contributed by atoms with Crippen LogP contribution in [0.15, 0.2) is 0 Å². The third-order valence-corrected chi connectivity index (χ3v) is 6.16. The summed E-state index contributed by atoms with van der Waals surface area (Å²) in [6.45, 7) is 6.33. The van der Waals surface area contributed by atoms with Crippen molar-refractivity contribution in [1.82, 2.24) is 14.8 Å². The number of morpholine rings is 1. The molecule has 4 rings (SSSR count). The normalized spacial score (nSPS) is 25.8. The van der Waals surface area contributed by atoms with Gasteiger partial charge in [-0.15, -0.1) is 11.3 Å². The number of aryl methyl sites for hydroxylation is 2. The van der Waals surface area contributed by atoms with Gasteiger partial charge in [0.2, 0.25) is 0 Å². The van der Waals surface area contributed by atoms with Crippen molar-refractivity contribution in [2.45, 2.75) is 44.8 Å². The molecular weight excluding hydrogens is 294 g/mol. The average molecular weight is 321 g/mol. The molecule has 0 amide bonds. The third-order valence-electron chi connectivity index (χ3n) is 5.02. The summed E-state index contributed by atoms with van der Waals surface area (Å²) in [4.78, 5) is 11.4. The van der Waals surface area contributed by atoms with Crippen LogP contribution in [-0.2, 0) is 24.1 Å². The van der Waals surface area contributed by atoms with Gasteiger partial charge in [0.05, 0.1) is 24.9 Å². The number of likely N-dealkylation sites (N-methyl/N-ethyl adjacent to an activating group) is 1. The van der Waals surface area contributed by atoms with Gasteiger partial charge in [0.25, 0.3) is 0 Å². The van der Waals surface area contributed by atoms with Gasteiger partial charge in [0.15, 0.2) is 0 Å². The number of rotatable bonds is 6. The van der Waals surface area contributed by atoms with Crippen LogP contribution in [0.4, 0.5) is 0 Å². The van der Waals surface area contributed by atoms with Crippen LogP contribution in [-0.4, -0.2) is 60.7 Å². The fraction of sp³-hybridized carbons (Fsp3) is 0.824. The molecule has 0 spiro atoms. The second kappa shape index (κ2) is 6.56. The molecule has 3 aliphatic rings. The summed E-state index contributed by atoms with van der Waals surface area (Å²) in [5.74, 6) is 0.924. The summed E-state index contributed by atoms with van der Waals surface area (Å²) in [5, 5.41) is 1.33. The topological polar surface area (TPSA) is 28.6 Å². The van der Waals surface area contributed by atoms with E-state index in [0.29, 0.717) is 6.10 Å². The van der Waals surface area contributed by atoms with Crippen LogP contribution in [0.1, 0.15) is 34.8 Å². The van der Waals surface area contributed by atoms with Crippen molar-refractivity contribution in [2.24, 2.45) is 5.92 Å². The molecule has 0 radical (unpaired) electrons. The van der Waals surface area contributed by atoms with Crippen molar-refractivity contribution < 1.29 is 4.74 Å². The van der Waals surface area contributed by atoms with E-state index in [1.54, 1.807) is 4.88 Å². The third kappa shape index (κ3) is 3.70. The molecule has 0 N–H and O–H groups in total. The minimum atomic E-state index is 0.365. The Balaban J connectivity index is 1.38. The maximum Gasteiger partial charge on any atom is 0.107 e. The van der Waals surface area contributed by atoms with Crippen LogP contribution in [0.25, 0.3) is 0 Å². The van der Waals surface area contributed by atoms with E-state index in [4.69, 9.17) is 9.72 Å². The van der Waals surface area contributed by atoms with Crippen molar-refractivity contribution in [3.8, 4) is 0 Å². The molecule has 0 aromatic carbocycles. The summed E-state index contributed by atoms with van der Waals surface area (Å²) in [7, 11) is 2.20. The molecule has 2 aliphatic carbocycles. The Morgan fingerprint density at radius 3 is 3.00 bits per heavy atom. The van der Waals surface area contributed by atoms with Crippen molar-refractivity contribution in [3.63, 3.8) is 0 Å². The number of thiazole rings is 1. The van der Waals surface area contributed by atoms with Gasteiger partial charge in [0, 0.05) is 31.1 Å². The molecule has 2 fully saturated rings. The van der Waals surface area contributed by atoms with Crippen molar-refractivity contribution in [2.75, 3.05) is 39.8 Å². The first-order valence-electron chi connectivity index (χ1n) is 8.76. The van der Waals surface area contributed by atoms with E-state index in [0.717, 1.165) is 38.7 Å². The zero-order valence-electron chi connectivity index (χ0n) is 13.6. The Morgan fingerprint density at radius 2 is 2.23 bits per heavy atom. The number of hydrogen-bond donors (Lipinski definition) is 0. The van der Waals surface area contributed by atoms with Gasteiger partial charge in [0.1, 0.15) is 5.01 Å². The van der Waals surface area contributed by atoms with Crippen LogP contribution < -0.4 is 0 Å². The molecule has 1 saturated carbocycles. The van der Waals surface area contributed by atoms with E-state index in [1.165, 1.54) is 49.4 Å². The molecule has 1 saturated heterocycles. The van der Waals surface area contributed by atoms with Gasteiger partial charge < -0.3 is 9.64 Å². The number of nitrogens with zero attached hydrogens (tertiary/aromatic N) is 3. The minimum Gasteiger partial charge on any atom is -0.374 e. The summed E-state index contributed by atoms with van der Waals surface area (Å²) >= 11 is 1.96. The molecule has 0 bridgehead atoms. The van der Waals surface area contributed by atoms with Crippen LogP contribution in [0.2, 0.25) is 0 Å². The molecule has 1 aromatic rings. The van der Waals surface area contributed by atoms with E-state index in [1.807, 2.05) is 11.3 Å². The van der Waals surface area contributed by atoms with Crippen LogP contribution in [0.5, 0.6) is 0 Å². The summed E-state index contributed by atoms with van der Waals surface area (Å²) in [6.07, 6.45) is 6.95. The molecule has 5 heteroatoms. The number of ether oxygens (including phenoxy) is 1. The predicted molar refractivity (Wildman–Crippen MR) is 89.4 cm³/mol. The highest BCUT2D eigenvalue weighted by molar-refractivity contribution is 7.11. The Morgan fingerprint density at radius 1 is 1.32 bits per heavy atom. The zero-order chi connectivity index (χ0) is 14.9. The lowest BCUT2D eigenvalue weighted by Gasteiger charge is -2.33. The minimum absolute atomic E-state index is 0.365. The highest BCUT2D eigenvalue weighted by Crippen LogP contribution is 2.32. The summed E-state index contributed by atoms with van der Waals surface area (Å²) in [5.41, 5.74) is 1.39. The van der Waals surface area contributed by atoms with Crippen LogP contribution in [0, 0.1) is 5.92 Å². The second-order valence-corrected chi connectivity index (χ2v) is 8.39. The Labute approximate surface area is 137 Å². The first-order valence-corrected chi connectivity index (χ1v) is 9.58. The highest BCUT2D eigenvalue weighted by Gasteiger charge is 2.28. The summed E-state index contributed by atoms with van der Waals surface area (Å²) in [6, 6.07) is 0. The number of hydrogen-bond acceptors (Lipinski definition) is 5. The van der Waals surface area contributed by atoms with Gasteiger partial charge in [-0.25, -0.2) is 4.98 Å². The Kier molecular flexibility index (Phi) is 4.49. The largest absolute Gasteiger partial charge is 0.374 e. The maximum atomic E-state index is 5.98. The van der Waals surface area contributed by atoms with Gasteiger partial charge in [-0.1, -0.05) is 0 Å². The quantitative estimate of drug-likeness (QED) is 0.803. The predicted octanol–water partition coefficient (Wildman–Crippen LogP) is 2.17. The first-order chi connectivity index (χ1) is 10.8. The molecule has 4 nitrogen and oxygen atoms in total. The maximum absolute atomic E-state index is 5.98. The Bertz CT molecular complexity index is 493. The van der Waals surface area contributed by atoms with Crippen molar-refractivity contribution >= 4 is 11.3 Å². The van der Waals surface area contributed by atoms with Crippen molar-refractivity contribution in [1.29, 1.82) is 0 Å². The van der Waals surface area contributed by atoms with Gasteiger partial charge in [-0.2, -0.15) is 0 Å². The zero-order valence-corrected chi connectivity index (χ0v) is 14.4. The van der Waals surface area contributed by atoms with Crippen LogP contribution >= 0.6 is 11.3 Å². The molecule has 1 atom stereocenters. The molecule has 2 heterocycles. The second-order valence-electron chi connectivity index (χ2n) is 7.22. The molecular formula is C17H27N3OS. The first kappa shape index (κ1) is 15.1. The summed E-state index contributed by atoms with van der Waals surface area (Å²) < 4.78 is 5.98. The smallest absolute Gasteiger partial charge is 0.107 e. The molecule has 1 unspecified atom stereocenters. The van der Waals surface area contributed by atoms with E-state index in [2.05, 4.69) is 16.8 Å². The van der Waals surface area contributed by atoms with Gasteiger partial charge in [-0.3, -0.25) is 4.90 Å². The lowest BCUT2D eigenvalue weighted by molar-refractivity contribution is -0.0372. The lowest BCUT2D eigenvalue weighted by atomic mass is 10.2. The van der Waals surface area contributed by atoms with Gasteiger partial charge in [-0.05, 0) is 45.1 Å². The molecule has 1 aromatic heterocycles. The van der Waals surface area contributed by atoms with Crippen molar-refractivity contribution in [3.05, 3.63) is 15.6 Å². The lowest BCUT2D eigenvalue weighted by Crippen LogP contribution is -2.46. The number of fused-ring (bicyclic) bond motifs is 1. The molecule has 122 valence electrons. The standard InChI is InChI=1S/C17H27N3OS/c1-19-7-8-21-14(10-19)11-20(9-13-5-6-13)12-17-18-15-3-2-4-16(15)22-17/h13-14H,2-12H2,1H3. The number of aromatic nitrogens is 1. The fourth-order valence-electron chi connectivity index (χ4n) is 3.64. The van der Waals surface area contributed by atoms with E-state index < -0.39 is 0 Å². The highest BCUT2D eigenvalue weighted by atomic mass is 32.1. The molecule has 22 heavy (non-hydrogen) atoms. The van der Waals surface area contributed by atoms with Gasteiger partial charge >= 0.3 is 0 Å². The SMILES string of the molecule is CN1CCOC(CN(Cc2nc3c(s2)CCC3)CC2CC2)C1. The van der Waals surface area contributed by atoms with E-state index in [-0.39, 0.29) is 0 Å². The molecule has 1 aliphatic heterocycles. The van der Waals surface area contributed by atoms with E-state index in [9.17, 15) is 0 Å². The average Bonchev–Trinajstić information content (AvgIpc) is 3.04.